The SMILES string of the molecule is OC(c1cc2ccccc2s1)C1CCN(CCc2ccccc2)CC1. The number of hydrogen-bond donors (Lipinski definition) is 1. The minimum absolute atomic E-state index is 0.311. The average molecular weight is 352 g/mol. The van der Waals surface area contributed by atoms with Crippen molar-refractivity contribution in [3.05, 3.63) is 71.1 Å². The van der Waals surface area contributed by atoms with Gasteiger partial charge in [0.1, 0.15) is 0 Å². The van der Waals surface area contributed by atoms with Gasteiger partial charge in [-0.2, -0.15) is 0 Å². The fourth-order valence-electron chi connectivity index (χ4n) is 3.80. The van der Waals surface area contributed by atoms with Crippen LogP contribution in [0.15, 0.2) is 60.7 Å². The van der Waals surface area contributed by atoms with Gasteiger partial charge in [0.05, 0.1) is 6.10 Å². The van der Waals surface area contributed by atoms with Gasteiger partial charge in [-0.15, -0.1) is 11.3 Å². The van der Waals surface area contributed by atoms with Crippen molar-refractivity contribution in [1.29, 1.82) is 0 Å². The summed E-state index contributed by atoms with van der Waals surface area (Å²) in [7, 11) is 0. The Morgan fingerprint density at radius 2 is 1.72 bits per heavy atom. The van der Waals surface area contributed by atoms with E-state index in [1.54, 1.807) is 11.3 Å². The quantitative estimate of drug-likeness (QED) is 0.707. The lowest BCUT2D eigenvalue weighted by atomic mass is 9.90. The number of likely N-dealkylation sites (tertiary alicyclic amines) is 1. The summed E-state index contributed by atoms with van der Waals surface area (Å²) < 4.78 is 1.27. The maximum absolute atomic E-state index is 10.8. The molecule has 3 heteroatoms. The normalized spacial score (nSPS) is 17.8. The molecule has 3 aromatic rings. The van der Waals surface area contributed by atoms with Crippen molar-refractivity contribution in [1.82, 2.24) is 4.90 Å². The lowest BCUT2D eigenvalue weighted by Gasteiger charge is -2.34. The van der Waals surface area contributed by atoms with Crippen LogP contribution in [0.25, 0.3) is 10.1 Å². The zero-order valence-corrected chi connectivity index (χ0v) is 15.3. The van der Waals surface area contributed by atoms with Crippen molar-refractivity contribution >= 4 is 21.4 Å². The van der Waals surface area contributed by atoms with Gasteiger partial charge in [-0.1, -0.05) is 48.5 Å². The second kappa shape index (κ2) is 7.69. The number of rotatable bonds is 5. The molecule has 1 atom stereocenters. The van der Waals surface area contributed by atoms with Gasteiger partial charge in [0.2, 0.25) is 0 Å². The molecule has 2 nitrogen and oxygen atoms in total. The Kier molecular flexibility index (Phi) is 5.16. The molecule has 1 N–H and O–H groups in total. The Hall–Kier alpha value is -1.68. The largest absolute Gasteiger partial charge is 0.387 e. The van der Waals surface area contributed by atoms with Gasteiger partial charge in [-0.3, -0.25) is 0 Å². The van der Waals surface area contributed by atoms with E-state index < -0.39 is 0 Å². The van der Waals surface area contributed by atoms with Crippen molar-refractivity contribution in [2.24, 2.45) is 5.92 Å². The molecule has 1 saturated heterocycles. The molecule has 0 amide bonds. The van der Waals surface area contributed by atoms with Crippen LogP contribution in [0.3, 0.4) is 0 Å². The highest BCUT2D eigenvalue weighted by Crippen LogP contribution is 2.37. The molecular formula is C22H25NOS. The summed E-state index contributed by atoms with van der Waals surface area (Å²) in [5.74, 6) is 0.390. The average Bonchev–Trinajstić information content (AvgIpc) is 3.11. The lowest BCUT2D eigenvalue weighted by molar-refractivity contribution is 0.0616. The Bertz CT molecular complexity index is 772. The Morgan fingerprint density at radius 3 is 2.48 bits per heavy atom. The topological polar surface area (TPSA) is 23.5 Å². The highest BCUT2D eigenvalue weighted by atomic mass is 32.1. The molecule has 1 aliphatic rings. The number of hydrogen-bond acceptors (Lipinski definition) is 3. The highest BCUT2D eigenvalue weighted by Gasteiger charge is 2.27. The van der Waals surface area contributed by atoms with Gasteiger partial charge in [0.15, 0.2) is 0 Å². The molecule has 0 saturated carbocycles. The molecule has 130 valence electrons. The first-order chi connectivity index (χ1) is 12.3. The standard InChI is InChI=1S/C22H25NOS/c24-22(21-16-19-8-4-5-9-20(19)25-21)18-11-14-23(15-12-18)13-10-17-6-2-1-3-7-17/h1-9,16,18,22,24H,10-15H2. The molecule has 25 heavy (non-hydrogen) atoms. The maximum atomic E-state index is 10.8. The molecule has 4 rings (SSSR count). The second-order valence-corrected chi connectivity index (χ2v) is 8.16. The summed E-state index contributed by atoms with van der Waals surface area (Å²) in [5.41, 5.74) is 1.41. The summed E-state index contributed by atoms with van der Waals surface area (Å²) in [6.07, 6.45) is 2.98. The third-order valence-electron chi connectivity index (χ3n) is 5.37. The first-order valence-corrected chi connectivity index (χ1v) is 10.0. The number of aliphatic hydroxyl groups is 1. The molecule has 0 aliphatic carbocycles. The number of aliphatic hydroxyl groups excluding tert-OH is 1. The van der Waals surface area contributed by atoms with E-state index in [-0.39, 0.29) is 6.10 Å². The molecule has 0 radical (unpaired) electrons. The fourth-order valence-corrected chi connectivity index (χ4v) is 4.95. The Labute approximate surface area is 153 Å². The summed E-state index contributed by atoms with van der Waals surface area (Å²) in [5, 5.41) is 12.1. The van der Waals surface area contributed by atoms with E-state index in [4.69, 9.17) is 0 Å². The van der Waals surface area contributed by atoms with Gasteiger partial charge in [-0.25, -0.2) is 0 Å². The van der Waals surface area contributed by atoms with E-state index in [1.165, 1.54) is 15.6 Å². The fraction of sp³-hybridized carbons (Fsp3) is 0.364. The minimum atomic E-state index is -0.311. The lowest BCUT2D eigenvalue weighted by Crippen LogP contribution is -2.36. The molecule has 1 aliphatic heterocycles. The molecular weight excluding hydrogens is 326 g/mol. The molecule has 2 heterocycles. The smallest absolute Gasteiger partial charge is 0.0911 e. The van der Waals surface area contributed by atoms with Crippen molar-refractivity contribution in [2.45, 2.75) is 25.4 Å². The van der Waals surface area contributed by atoms with Gasteiger partial charge in [0.25, 0.3) is 0 Å². The Balaban J connectivity index is 1.32. The van der Waals surface area contributed by atoms with E-state index in [1.807, 2.05) is 0 Å². The first-order valence-electron chi connectivity index (χ1n) is 9.22. The number of fused-ring (bicyclic) bond motifs is 1. The van der Waals surface area contributed by atoms with Crippen LogP contribution in [-0.2, 0) is 6.42 Å². The number of benzene rings is 2. The van der Waals surface area contributed by atoms with Crippen LogP contribution >= 0.6 is 11.3 Å². The second-order valence-electron chi connectivity index (χ2n) is 7.05. The summed E-state index contributed by atoms with van der Waals surface area (Å²) >= 11 is 1.74. The van der Waals surface area contributed by atoms with Crippen LogP contribution in [-0.4, -0.2) is 29.6 Å². The predicted octanol–water partition coefficient (Wildman–Crippen LogP) is 4.89. The first kappa shape index (κ1) is 16.8. The van der Waals surface area contributed by atoms with Crippen molar-refractivity contribution in [3.8, 4) is 0 Å². The zero-order chi connectivity index (χ0) is 17.1. The van der Waals surface area contributed by atoms with Crippen molar-refractivity contribution < 1.29 is 5.11 Å². The monoisotopic (exact) mass is 351 g/mol. The molecule has 0 spiro atoms. The molecule has 1 fully saturated rings. The third-order valence-corrected chi connectivity index (χ3v) is 6.56. The summed E-state index contributed by atoms with van der Waals surface area (Å²) in [6.45, 7) is 3.31. The van der Waals surface area contributed by atoms with Crippen LogP contribution < -0.4 is 0 Å². The zero-order valence-electron chi connectivity index (χ0n) is 14.5. The number of nitrogens with zero attached hydrogens (tertiary/aromatic N) is 1. The van der Waals surface area contributed by atoms with Gasteiger partial charge in [-0.05, 0) is 61.4 Å². The van der Waals surface area contributed by atoms with Crippen LogP contribution in [0.5, 0.6) is 0 Å². The van der Waals surface area contributed by atoms with Crippen LogP contribution in [0.4, 0.5) is 0 Å². The Morgan fingerprint density at radius 1 is 1.00 bits per heavy atom. The van der Waals surface area contributed by atoms with Gasteiger partial charge >= 0.3 is 0 Å². The minimum Gasteiger partial charge on any atom is -0.387 e. The van der Waals surface area contributed by atoms with Crippen molar-refractivity contribution in [3.63, 3.8) is 0 Å². The number of piperidine rings is 1. The van der Waals surface area contributed by atoms with E-state index in [0.717, 1.165) is 43.8 Å². The van der Waals surface area contributed by atoms with E-state index in [2.05, 4.69) is 65.6 Å². The third kappa shape index (κ3) is 3.95. The predicted molar refractivity (Wildman–Crippen MR) is 106 cm³/mol. The molecule has 2 aromatic carbocycles. The van der Waals surface area contributed by atoms with Gasteiger partial charge < -0.3 is 10.0 Å². The van der Waals surface area contributed by atoms with E-state index >= 15 is 0 Å². The number of thiophene rings is 1. The summed E-state index contributed by atoms with van der Waals surface area (Å²) in [4.78, 5) is 3.67. The molecule has 1 unspecified atom stereocenters. The van der Waals surface area contributed by atoms with Crippen LogP contribution in [0.2, 0.25) is 0 Å². The maximum Gasteiger partial charge on any atom is 0.0911 e. The molecule has 1 aromatic heterocycles. The highest BCUT2D eigenvalue weighted by molar-refractivity contribution is 7.19. The van der Waals surface area contributed by atoms with Crippen molar-refractivity contribution in [2.75, 3.05) is 19.6 Å². The van der Waals surface area contributed by atoms with Gasteiger partial charge in [0, 0.05) is 16.1 Å². The molecule has 0 bridgehead atoms. The van der Waals surface area contributed by atoms with Crippen LogP contribution in [0.1, 0.15) is 29.4 Å². The van der Waals surface area contributed by atoms with Crippen LogP contribution in [0, 0.1) is 5.92 Å². The van der Waals surface area contributed by atoms with E-state index in [0.29, 0.717) is 5.92 Å². The summed E-state index contributed by atoms with van der Waals surface area (Å²) in [6, 6.07) is 21.3. The van der Waals surface area contributed by atoms with E-state index in [9.17, 15) is 5.11 Å².